The van der Waals surface area contributed by atoms with Crippen molar-refractivity contribution in [2.45, 2.75) is 26.7 Å². The number of carbonyl (C=O) groups excluding carboxylic acids is 2. The zero-order valence-electron chi connectivity index (χ0n) is 14.4. The summed E-state index contributed by atoms with van der Waals surface area (Å²) in [5, 5.41) is 3.51. The van der Waals surface area contributed by atoms with E-state index < -0.39 is 0 Å². The Balaban J connectivity index is 1.71. The number of carbonyl (C=O) groups is 2. The second-order valence-corrected chi connectivity index (χ2v) is 6.73. The van der Waals surface area contributed by atoms with Gasteiger partial charge in [0.2, 0.25) is 11.8 Å². The number of anilines is 2. The lowest BCUT2D eigenvalue weighted by molar-refractivity contribution is -0.122. The van der Waals surface area contributed by atoms with Gasteiger partial charge in [-0.05, 0) is 48.7 Å². The van der Waals surface area contributed by atoms with E-state index in [9.17, 15) is 9.59 Å². The van der Waals surface area contributed by atoms with E-state index in [1.54, 1.807) is 17.0 Å². The molecule has 3 rings (SSSR count). The topological polar surface area (TPSA) is 49.4 Å². The normalized spacial score (nSPS) is 17.0. The molecule has 1 saturated heterocycles. The number of rotatable bonds is 4. The molecule has 0 spiro atoms. The Hall–Kier alpha value is -2.33. The molecule has 1 fully saturated rings. The molecule has 5 heteroatoms. The average Bonchev–Trinajstić information content (AvgIpc) is 3.01. The molecule has 0 unspecified atom stereocenters. The Bertz CT molecular complexity index is 802. The van der Waals surface area contributed by atoms with Gasteiger partial charge >= 0.3 is 0 Å². The highest BCUT2D eigenvalue weighted by Gasteiger charge is 2.35. The van der Waals surface area contributed by atoms with Crippen molar-refractivity contribution in [3.05, 3.63) is 58.6 Å². The summed E-state index contributed by atoms with van der Waals surface area (Å²) in [5.41, 5.74) is 3.59. The molecule has 0 aromatic heterocycles. The fourth-order valence-corrected chi connectivity index (χ4v) is 3.20. The highest BCUT2D eigenvalue weighted by molar-refractivity contribution is 6.31. The number of halogens is 1. The Morgan fingerprint density at radius 1 is 1.24 bits per heavy atom. The van der Waals surface area contributed by atoms with E-state index >= 15 is 0 Å². The molecule has 1 N–H and O–H groups in total. The maximum Gasteiger partial charge on any atom is 0.229 e. The number of hydrogen-bond acceptors (Lipinski definition) is 2. The van der Waals surface area contributed by atoms with Crippen LogP contribution in [-0.2, 0) is 16.0 Å². The monoisotopic (exact) mass is 356 g/mol. The first-order valence-electron chi connectivity index (χ1n) is 8.45. The van der Waals surface area contributed by atoms with Gasteiger partial charge in [-0.3, -0.25) is 9.59 Å². The zero-order valence-corrected chi connectivity index (χ0v) is 15.1. The number of nitrogens with zero attached hydrogens (tertiary/aromatic N) is 1. The van der Waals surface area contributed by atoms with Crippen LogP contribution in [0.5, 0.6) is 0 Å². The minimum absolute atomic E-state index is 0.0211. The first-order valence-corrected chi connectivity index (χ1v) is 8.82. The molecule has 1 aliphatic heterocycles. The van der Waals surface area contributed by atoms with E-state index in [-0.39, 0.29) is 24.2 Å². The van der Waals surface area contributed by atoms with Crippen molar-refractivity contribution >= 4 is 34.8 Å². The molecule has 2 aromatic carbocycles. The van der Waals surface area contributed by atoms with Gasteiger partial charge in [0.15, 0.2) is 0 Å². The van der Waals surface area contributed by atoms with Crippen molar-refractivity contribution < 1.29 is 9.59 Å². The van der Waals surface area contributed by atoms with E-state index in [2.05, 4.69) is 12.2 Å². The molecule has 0 saturated carbocycles. The lowest BCUT2D eigenvalue weighted by Crippen LogP contribution is -2.28. The molecule has 0 radical (unpaired) electrons. The van der Waals surface area contributed by atoms with Crippen molar-refractivity contribution in [1.82, 2.24) is 0 Å². The number of nitrogens with one attached hydrogen (secondary N) is 1. The molecule has 130 valence electrons. The molecule has 1 atom stereocenters. The van der Waals surface area contributed by atoms with Crippen molar-refractivity contribution in [3.8, 4) is 0 Å². The highest BCUT2D eigenvalue weighted by Crippen LogP contribution is 2.28. The zero-order chi connectivity index (χ0) is 18.0. The number of amides is 2. The molecular weight excluding hydrogens is 336 g/mol. The molecule has 2 aromatic rings. The summed E-state index contributed by atoms with van der Waals surface area (Å²) in [7, 11) is 0. The molecule has 25 heavy (non-hydrogen) atoms. The van der Waals surface area contributed by atoms with Crippen molar-refractivity contribution in [3.63, 3.8) is 0 Å². The fraction of sp³-hybridized carbons (Fsp3) is 0.300. The summed E-state index contributed by atoms with van der Waals surface area (Å²) in [5.74, 6) is -0.532. The number of aryl methyl sites for hydroxylation is 1. The third-order valence-corrected chi connectivity index (χ3v) is 5.09. The van der Waals surface area contributed by atoms with Crippen LogP contribution in [-0.4, -0.2) is 18.4 Å². The Morgan fingerprint density at radius 3 is 2.64 bits per heavy atom. The standard InChI is InChI=1S/C20H21ClN2O2/c1-3-14-7-9-16(10-8-14)23-12-15(11-19(23)24)20(25)22-18-6-4-5-17(21)13(18)2/h4-10,15H,3,11-12H2,1-2H3,(H,22,25)/t15-/m1/s1. The molecule has 2 amide bonds. The highest BCUT2D eigenvalue weighted by atomic mass is 35.5. The van der Waals surface area contributed by atoms with Gasteiger partial charge in [-0.15, -0.1) is 0 Å². The third kappa shape index (κ3) is 3.69. The van der Waals surface area contributed by atoms with Crippen LogP contribution in [0.4, 0.5) is 11.4 Å². The lowest BCUT2D eigenvalue weighted by Gasteiger charge is -2.17. The van der Waals surface area contributed by atoms with Gasteiger partial charge in [0.1, 0.15) is 0 Å². The lowest BCUT2D eigenvalue weighted by atomic mass is 10.1. The van der Waals surface area contributed by atoms with Crippen LogP contribution in [0.3, 0.4) is 0 Å². The first kappa shape index (κ1) is 17.5. The van der Waals surface area contributed by atoms with E-state index in [0.717, 1.165) is 17.7 Å². The Labute approximate surface area is 152 Å². The predicted molar refractivity (Wildman–Crippen MR) is 101 cm³/mol. The summed E-state index contributed by atoms with van der Waals surface area (Å²) >= 11 is 6.09. The third-order valence-electron chi connectivity index (χ3n) is 4.68. The van der Waals surface area contributed by atoms with Gasteiger partial charge in [-0.2, -0.15) is 0 Å². The number of hydrogen-bond donors (Lipinski definition) is 1. The Morgan fingerprint density at radius 2 is 1.96 bits per heavy atom. The largest absolute Gasteiger partial charge is 0.325 e. The summed E-state index contributed by atoms with van der Waals surface area (Å²) in [6.45, 7) is 4.35. The Kier molecular flexibility index (Phi) is 5.09. The maximum absolute atomic E-state index is 12.6. The van der Waals surface area contributed by atoms with Crippen molar-refractivity contribution in [2.75, 3.05) is 16.8 Å². The van der Waals surface area contributed by atoms with Gasteiger partial charge < -0.3 is 10.2 Å². The van der Waals surface area contributed by atoms with Crippen LogP contribution in [0.25, 0.3) is 0 Å². The van der Waals surface area contributed by atoms with Crippen LogP contribution in [0.15, 0.2) is 42.5 Å². The minimum atomic E-state index is -0.364. The summed E-state index contributed by atoms with van der Waals surface area (Å²) in [6, 6.07) is 13.3. The van der Waals surface area contributed by atoms with E-state index in [1.807, 2.05) is 37.3 Å². The predicted octanol–water partition coefficient (Wildman–Crippen LogP) is 4.20. The smallest absolute Gasteiger partial charge is 0.229 e. The number of benzene rings is 2. The van der Waals surface area contributed by atoms with Crippen LogP contribution in [0.2, 0.25) is 5.02 Å². The van der Waals surface area contributed by atoms with E-state index in [1.165, 1.54) is 5.56 Å². The second kappa shape index (κ2) is 7.28. The molecule has 1 heterocycles. The van der Waals surface area contributed by atoms with Crippen LogP contribution in [0, 0.1) is 12.8 Å². The maximum atomic E-state index is 12.6. The fourth-order valence-electron chi connectivity index (χ4n) is 3.02. The molecule has 4 nitrogen and oxygen atoms in total. The van der Waals surface area contributed by atoms with Gasteiger partial charge in [-0.1, -0.05) is 36.7 Å². The van der Waals surface area contributed by atoms with Crippen LogP contribution in [0.1, 0.15) is 24.5 Å². The molecule has 0 bridgehead atoms. The van der Waals surface area contributed by atoms with Gasteiger partial charge in [-0.25, -0.2) is 0 Å². The molecule has 1 aliphatic rings. The van der Waals surface area contributed by atoms with E-state index in [0.29, 0.717) is 17.3 Å². The van der Waals surface area contributed by atoms with Crippen molar-refractivity contribution in [2.24, 2.45) is 5.92 Å². The summed E-state index contributed by atoms with van der Waals surface area (Å²) < 4.78 is 0. The molecular formula is C20H21ClN2O2. The van der Waals surface area contributed by atoms with Gasteiger partial charge in [0.25, 0.3) is 0 Å². The summed E-state index contributed by atoms with van der Waals surface area (Å²) in [4.78, 5) is 26.6. The summed E-state index contributed by atoms with van der Waals surface area (Å²) in [6.07, 6.45) is 1.18. The minimum Gasteiger partial charge on any atom is -0.325 e. The SMILES string of the molecule is CCc1ccc(N2C[C@H](C(=O)Nc3cccc(Cl)c3C)CC2=O)cc1. The van der Waals surface area contributed by atoms with Crippen LogP contribution >= 0.6 is 11.6 Å². The van der Waals surface area contributed by atoms with Gasteiger partial charge in [0, 0.05) is 29.4 Å². The van der Waals surface area contributed by atoms with Crippen LogP contribution < -0.4 is 10.2 Å². The average molecular weight is 357 g/mol. The van der Waals surface area contributed by atoms with Crippen molar-refractivity contribution in [1.29, 1.82) is 0 Å². The first-order chi connectivity index (χ1) is 12.0. The quantitative estimate of drug-likeness (QED) is 0.892. The van der Waals surface area contributed by atoms with E-state index in [4.69, 9.17) is 11.6 Å². The second-order valence-electron chi connectivity index (χ2n) is 6.33. The van der Waals surface area contributed by atoms with Gasteiger partial charge in [0.05, 0.1) is 5.92 Å². The molecule has 0 aliphatic carbocycles.